The monoisotopic (exact) mass is 201 g/mol. The van der Waals surface area contributed by atoms with Gasteiger partial charge in [-0.25, -0.2) is 0 Å². The topological polar surface area (TPSA) is 35.7 Å². The van der Waals surface area contributed by atoms with E-state index in [0.717, 1.165) is 12.3 Å². The minimum Gasteiger partial charge on any atom is -0.406 e. The molecule has 1 rings (SSSR count). The van der Waals surface area contributed by atoms with Gasteiger partial charge in [-0.05, 0) is 0 Å². The lowest BCUT2D eigenvalue weighted by Gasteiger charge is -2.18. The Balaban J connectivity index is 2.66. The first kappa shape index (κ1) is 9.75. The normalized spacial score (nSPS) is 16.8. The zero-order valence-corrected chi connectivity index (χ0v) is 5.85. The maximum Gasteiger partial charge on any atom is 0.500 e. The highest BCUT2D eigenvalue weighted by Crippen LogP contribution is 2.36. The highest BCUT2D eigenvalue weighted by atomic mass is 19.4. The highest BCUT2D eigenvalue weighted by molar-refractivity contribution is 5.88. The van der Waals surface area contributed by atoms with Gasteiger partial charge in [0, 0.05) is 6.08 Å². The Labute approximate surface area is 68.9 Å². The number of nitrogens with zero attached hydrogens (tertiary/aromatic N) is 2. The standard InChI is InChI=1S/C5H2F5N2O/c6-4(7,8)5(9,10)13-3-1-2-11-12-3/h1-2H. The van der Waals surface area contributed by atoms with Crippen LogP contribution in [0.25, 0.3) is 0 Å². The van der Waals surface area contributed by atoms with Crippen LogP contribution >= 0.6 is 0 Å². The van der Waals surface area contributed by atoms with Crippen LogP contribution in [0, 0.1) is 0 Å². The van der Waals surface area contributed by atoms with Crippen molar-refractivity contribution in [1.29, 1.82) is 0 Å². The minimum atomic E-state index is -5.76. The van der Waals surface area contributed by atoms with Crippen molar-refractivity contribution in [2.45, 2.75) is 12.3 Å². The number of rotatable bonds is 1. The second-order valence-electron chi connectivity index (χ2n) is 1.99. The van der Waals surface area contributed by atoms with E-state index in [1.165, 1.54) is 0 Å². The highest BCUT2D eigenvalue weighted by Gasteiger charge is 2.61. The quantitative estimate of drug-likeness (QED) is 0.593. The van der Waals surface area contributed by atoms with E-state index in [0.29, 0.717) is 0 Å². The summed E-state index contributed by atoms with van der Waals surface area (Å²) in [5.41, 5.74) is 3.01. The second-order valence-corrected chi connectivity index (χ2v) is 1.99. The molecule has 0 unspecified atom stereocenters. The third kappa shape index (κ3) is 2.07. The fraction of sp³-hybridized carbons (Fsp3) is 0.400. The molecule has 0 bridgehead atoms. The Kier molecular flexibility index (Phi) is 2.14. The summed E-state index contributed by atoms with van der Waals surface area (Å²) in [6.45, 7) is 0. The summed E-state index contributed by atoms with van der Waals surface area (Å²) in [5, 5.41) is 2.86. The molecule has 0 saturated carbocycles. The Morgan fingerprint density at radius 2 is 1.77 bits per heavy atom. The smallest absolute Gasteiger partial charge is 0.406 e. The van der Waals surface area contributed by atoms with Crippen LogP contribution in [0.5, 0.6) is 0 Å². The van der Waals surface area contributed by atoms with Gasteiger partial charge in [0.1, 0.15) is 0 Å². The van der Waals surface area contributed by atoms with Crippen LogP contribution in [0.3, 0.4) is 0 Å². The second kappa shape index (κ2) is 2.86. The van der Waals surface area contributed by atoms with Gasteiger partial charge in [0.05, 0.1) is 6.20 Å². The summed E-state index contributed by atoms with van der Waals surface area (Å²) >= 11 is 0. The molecule has 0 fully saturated rings. The first-order chi connectivity index (χ1) is 5.83. The summed E-state index contributed by atoms with van der Waals surface area (Å²) in [6, 6.07) is 0. The minimum absolute atomic E-state index is 0.791. The fourth-order valence-electron chi connectivity index (χ4n) is 0.464. The summed E-state index contributed by atoms with van der Waals surface area (Å²) in [4.78, 5) is 0. The molecule has 1 radical (unpaired) electrons. The summed E-state index contributed by atoms with van der Waals surface area (Å²) in [7, 11) is 0. The average Bonchev–Trinajstić information content (AvgIpc) is 2.35. The van der Waals surface area contributed by atoms with E-state index in [-0.39, 0.29) is 0 Å². The number of hydrogen-bond acceptors (Lipinski definition) is 2. The van der Waals surface area contributed by atoms with E-state index in [9.17, 15) is 22.0 Å². The maximum atomic E-state index is 12.1. The zero-order valence-electron chi connectivity index (χ0n) is 5.85. The zero-order chi connectivity index (χ0) is 10.1. The van der Waals surface area contributed by atoms with Crippen LogP contribution in [-0.2, 0) is 4.74 Å². The molecule has 1 aliphatic rings. The van der Waals surface area contributed by atoms with Gasteiger partial charge in [-0.3, -0.25) is 0 Å². The van der Waals surface area contributed by atoms with E-state index < -0.39 is 18.2 Å². The van der Waals surface area contributed by atoms with Crippen molar-refractivity contribution >= 4 is 5.90 Å². The lowest BCUT2D eigenvalue weighted by atomic mass is 10.5. The molecular weight excluding hydrogens is 199 g/mol. The Hall–Kier alpha value is -1.34. The molecule has 0 aromatic carbocycles. The molecule has 1 heterocycles. The molecule has 0 spiro atoms. The first-order valence-electron chi connectivity index (χ1n) is 2.91. The molecule has 0 atom stereocenters. The summed E-state index contributed by atoms with van der Waals surface area (Å²) < 4.78 is 61.9. The van der Waals surface area contributed by atoms with Gasteiger partial charge in [0.15, 0.2) is 0 Å². The van der Waals surface area contributed by atoms with Crippen molar-refractivity contribution in [2.75, 3.05) is 0 Å². The van der Waals surface area contributed by atoms with Gasteiger partial charge in [-0.1, -0.05) is 0 Å². The molecule has 0 saturated heterocycles. The van der Waals surface area contributed by atoms with Crippen LogP contribution in [0.1, 0.15) is 0 Å². The molecule has 13 heavy (non-hydrogen) atoms. The predicted molar refractivity (Wildman–Crippen MR) is 30.8 cm³/mol. The van der Waals surface area contributed by atoms with Crippen LogP contribution < -0.4 is 5.43 Å². The van der Waals surface area contributed by atoms with Crippen molar-refractivity contribution < 1.29 is 26.7 Å². The van der Waals surface area contributed by atoms with Crippen LogP contribution in [0.4, 0.5) is 22.0 Å². The molecule has 73 valence electrons. The van der Waals surface area contributed by atoms with Gasteiger partial charge >= 0.3 is 12.3 Å². The summed E-state index contributed by atoms with van der Waals surface area (Å²) in [6.07, 6.45) is -9.27. The van der Waals surface area contributed by atoms with Crippen LogP contribution in [0.15, 0.2) is 17.4 Å². The summed E-state index contributed by atoms with van der Waals surface area (Å²) in [5.74, 6) is -0.873. The largest absolute Gasteiger partial charge is 0.500 e. The van der Waals surface area contributed by atoms with Gasteiger partial charge in [-0.15, -0.1) is 5.10 Å². The predicted octanol–water partition coefficient (Wildman–Crippen LogP) is 1.60. The van der Waals surface area contributed by atoms with Gasteiger partial charge in [0.2, 0.25) is 5.90 Å². The number of alkyl halides is 5. The van der Waals surface area contributed by atoms with E-state index in [2.05, 4.69) is 15.3 Å². The lowest BCUT2D eigenvalue weighted by Crippen LogP contribution is -2.40. The molecule has 0 aromatic heterocycles. The van der Waals surface area contributed by atoms with Gasteiger partial charge in [-0.2, -0.15) is 27.4 Å². The third-order valence-corrected chi connectivity index (χ3v) is 1.00. The molecule has 1 aliphatic heterocycles. The van der Waals surface area contributed by atoms with Crippen LogP contribution in [0.2, 0.25) is 0 Å². The number of hydrogen-bond donors (Lipinski definition) is 0. The molecule has 0 amide bonds. The van der Waals surface area contributed by atoms with E-state index >= 15 is 0 Å². The van der Waals surface area contributed by atoms with Crippen LogP contribution in [-0.4, -0.2) is 18.2 Å². The number of ether oxygens (including phenoxy) is 1. The average molecular weight is 201 g/mol. The molecule has 3 nitrogen and oxygen atoms in total. The van der Waals surface area contributed by atoms with E-state index in [1.54, 1.807) is 0 Å². The maximum absolute atomic E-state index is 12.1. The molecule has 0 aromatic rings. The van der Waals surface area contributed by atoms with Gasteiger partial charge in [0.25, 0.3) is 0 Å². The Bertz CT molecular complexity index is 256. The van der Waals surface area contributed by atoms with Crippen molar-refractivity contribution in [3.8, 4) is 0 Å². The third-order valence-electron chi connectivity index (χ3n) is 1.00. The van der Waals surface area contributed by atoms with Crippen molar-refractivity contribution in [2.24, 2.45) is 5.10 Å². The van der Waals surface area contributed by atoms with Crippen molar-refractivity contribution in [1.82, 2.24) is 5.43 Å². The lowest BCUT2D eigenvalue weighted by molar-refractivity contribution is -0.366. The Morgan fingerprint density at radius 3 is 2.15 bits per heavy atom. The molecule has 8 heteroatoms. The van der Waals surface area contributed by atoms with E-state index in [4.69, 9.17) is 0 Å². The molecular formula is C5H2F5N2O. The fourth-order valence-corrected chi connectivity index (χ4v) is 0.464. The molecule has 0 aliphatic carbocycles. The SMILES string of the molecule is FC(F)(F)C(F)(F)OC1=N[N]C=C1. The van der Waals surface area contributed by atoms with Crippen molar-refractivity contribution in [3.05, 3.63) is 12.3 Å². The van der Waals surface area contributed by atoms with Crippen molar-refractivity contribution in [3.63, 3.8) is 0 Å². The Morgan fingerprint density at radius 1 is 1.15 bits per heavy atom. The molecule has 0 N–H and O–H groups in total. The van der Waals surface area contributed by atoms with Gasteiger partial charge < -0.3 is 4.74 Å². The number of halogens is 5. The van der Waals surface area contributed by atoms with E-state index in [1.807, 2.05) is 0 Å². The first-order valence-corrected chi connectivity index (χ1v) is 2.91.